The van der Waals surface area contributed by atoms with Crippen LogP contribution in [-0.4, -0.2) is 39.5 Å². The van der Waals surface area contributed by atoms with E-state index >= 15 is 0 Å². The highest BCUT2D eigenvalue weighted by molar-refractivity contribution is 6.99. The molecule has 1 aliphatic heterocycles. The fourth-order valence-electron chi connectivity index (χ4n) is 4.02. The molecule has 152 valence electrons. The maximum Gasteiger partial charge on any atom is 0.261 e. The van der Waals surface area contributed by atoms with Gasteiger partial charge in [0.1, 0.15) is 6.10 Å². The zero-order valence-electron chi connectivity index (χ0n) is 17.6. The van der Waals surface area contributed by atoms with Gasteiger partial charge in [0.25, 0.3) is 8.32 Å². The summed E-state index contributed by atoms with van der Waals surface area (Å²) in [5.74, 6) is -0.644. The van der Waals surface area contributed by atoms with E-state index < -0.39 is 14.1 Å². The second-order valence-corrected chi connectivity index (χ2v) is 13.3. The van der Waals surface area contributed by atoms with Crippen molar-refractivity contribution in [1.82, 2.24) is 0 Å². The first-order valence-electron chi connectivity index (χ1n) is 9.98. The van der Waals surface area contributed by atoms with Crippen molar-refractivity contribution in [3.8, 4) is 0 Å². The molecule has 0 spiro atoms. The molecule has 28 heavy (non-hydrogen) atoms. The van der Waals surface area contributed by atoms with Crippen molar-refractivity contribution in [3.63, 3.8) is 0 Å². The molecular formula is C23H33NO3Si. The van der Waals surface area contributed by atoms with Crippen LogP contribution in [0, 0.1) is 0 Å². The molecule has 0 aliphatic carbocycles. The number of benzene rings is 2. The number of ether oxygens (including phenoxy) is 2. The van der Waals surface area contributed by atoms with Crippen LogP contribution in [0.3, 0.4) is 0 Å². The van der Waals surface area contributed by atoms with E-state index in [9.17, 15) is 0 Å². The van der Waals surface area contributed by atoms with Gasteiger partial charge in [0.15, 0.2) is 5.79 Å². The highest BCUT2D eigenvalue weighted by atomic mass is 28.4. The monoisotopic (exact) mass is 399 g/mol. The number of rotatable bonds is 5. The van der Waals surface area contributed by atoms with E-state index in [1.807, 2.05) is 13.8 Å². The molecule has 0 aromatic heterocycles. The van der Waals surface area contributed by atoms with E-state index in [0.29, 0.717) is 13.2 Å². The summed E-state index contributed by atoms with van der Waals surface area (Å²) in [5.41, 5.74) is 6.30. The molecule has 2 aromatic carbocycles. The Morgan fingerprint density at radius 2 is 1.50 bits per heavy atom. The minimum atomic E-state index is -2.59. The van der Waals surface area contributed by atoms with Crippen molar-refractivity contribution in [1.29, 1.82) is 0 Å². The lowest BCUT2D eigenvalue weighted by Crippen LogP contribution is -2.68. The highest BCUT2D eigenvalue weighted by Gasteiger charge is 2.51. The number of hydrogen-bond donors (Lipinski definition) is 1. The van der Waals surface area contributed by atoms with Gasteiger partial charge < -0.3 is 19.6 Å². The van der Waals surface area contributed by atoms with Crippen molar-refractivity contribution in [2.75, 3.05) is 13.2 Å². The Kier molecular flexibility index (Phi) is 6.13. The van der Waals surface area contributed by atoms with Crippen LogP contribution >= 0.6 is 0 Å². The zero-order valence-corrected chi connectivity index (χ0v) is 18.6. The summed E-state index contributed by atoms with van der Waals surface area (Å²) in [4.78, 5) is 0. The summed E-state index contributed by atoms with van der Waals surface area (Å²) < 4.78 is 18.7. The molecule has 1 heterocycles. The third-order valence-corrected chi connectivity index (χ3v) is 10.4. The zero-order chi connectivity index (χ0) is 20.4. The van der Waals surface area contributed by atoms with Gasteiger partial charge in [0.05, 0.1) is 19.3 Å². The molecule has 3 rings (SSSR count). The summed E-state index contributed by atoms with van der Waals surface area (Å²) in [6.45, 7) is 11.6. The van der Waals surface area contributed by atoms with Gasteiger partial charge in [-0.15, -0.1) is 0 Å². The van der Waals surface area contributed by atoms with Crippen molar-refractivity contribution in [2.45, 2.75) is 57.6 Å². The lowest BCUT2D eigenvalue weighted by atomic mass is 10.1. The smallest absolute Gasteiger partial charge is 0.261 e. The van der Waals surface area contributed by atoms with Gasteiger partial charge in [0.2, 0.25) is 0 Å². The normalized spacial score (nSPS) is 22.8. The fourth-order valence-corrected chi connectivity index (χ4v) is 8.59. The summed E-state index contributed by atoms with van der Waals surface area (Å²) >= 11 is 0. The maximum absolute atomic E-state index is 6.95. The fraction of sp³-hybridized carbons (Fsp3) is 0.478. The van der Waals surface area contributed by atoms with Crippen LogP contribution in [0.25, 0.3) is 0 Å². The van der Waals surface area contributed by atoms with Gasteiger partial charge in [-0.3, -0.25) is 0 Å². The molecule has 2 atom stereocenters. The SMILES string of the molecule is CC1(C)OC[C@@H](N)[C@H](CO[Si](c2ccccc2)(c2ccccc2)C(C)(C)C)O1. The van der Waals surface area contributed by atoms with E-state index in [1.54, 1.807) is 0 Å². The Morgan fingerprint density at radius 3 is 1.96 bits per heavy atom. The van der Waals surface area contributed by atoms with Crippen LogP contribution in [0.2, 0.25) is 5.04 Å². The maximum atomic E-state index is 6.95. The molecular weight excluding hydrogens is 366 g/mol. The van der Waals surface area contributed by atoms with Crippen molar-refractivity contribution in [2.24, 2.45) is 5.73 Å². The van der Waals surface area contributed by atoms with Crippen molar-refractivity contribution >= 4 is 18.7 Å². The summed E-state index contributed by atoms with van der Waals surface area (Å²) in [7, 11) is -2.59. The van der Waals surface area contributed by atoms with Crippen LogP contribution in [-0.2, 0) is 13.9 Å². The van der Waals surface area contributed by atoms with Crippen LogP contribution in [0.15, 0.2) is 60.7 Å². The third-order valence-electron chi connectivity index (χ3n) is 5.42. The topological polar surface area (TPSA) is 53.7 Å². The van der Waals surface area contributed by atoms with E-state index in [-0.39, 0.29) is 17.2 Å². The first kappa shape index (κ1) is 21.2. The van der Waals surface area contributed by atoms with Crippen LogP contribution < -0.4 is 16.1 Å². The molecule has 1 fully saturated rings. The predicted molar refractivity (Wildman–Crippen MR) is 116 cm³/mol. The number of hydrogen-bond acceptors (Lipinski definition) is 4. The van der Waals surface area contributed by atoms with Gasteiger partial charge >= 0.3 is 0 Å². The van der Waals surface area contributed by atoms with Gasteiger partial charge in [0, 0.05) is 0 Å². The second-order valence-electron chi connectivity index (χ2n) is 9.01. The first-order valence-corrected chi connectivity index (χ1v) is 11.9. The van der Waals surface area contributed by atoms with Crippen LogP contribution in [0.1, 0.15) is 34.6 Å². The predicted octanol–water partition coefficient (Wildman–Crippen LogP) is 3.04. The van der Waals surface area contributed by atoms with Crippen LogP contribution in [0.4, 0.5) is 0 Å². The largest absolute Gasteiger partial charge is 0.405 e. The molecule has 2 N–H and O–H groups in total. The number of nitrogens with two attached hydrogens (primary N) is 1. The van der Waals surface area contributed by atoms with Crippen LogP contribution in [0.5, 0.6) is 0 Å². The minimum absolute atomic E-state index is 0.0690. The van der Waals surface area contributed by atoms with Gasteiger partial charge in [-0.1, -0.05) is 81.4 Å². The summed E-state index contributed by atoms with van der Waals surface area (Å²) in [6.07, 6.45) is -0.203. The first-order chi connectivity index (χ1) is 13.2. The summed E-state index contributed by atoms with van der Waals surface area (Å²) in [6, 6.07) is 21.0. The van der Waals surface area contributed by atoms with Gasteiger partial charge in [-0.05, 0) is 29.3 Å². The van der Waals surface area contributed by atoms with Gasteiger partial charge in [-0.25, -0.2) is 0 Å². The van der Waals surface area contributed by atoms with Gasteiger partial charge in [-0.2, -0.15) is 0 Å². The molecule has 2 aromatic rings. The molecule has 4 nitrogen and oxygen atoms in total. The summed E-state index contributed by atoms with van der Waals surface area (Å²) in [5, 5.41) is 2.45. The Hall–Kier alpha value is -1.50. The lowest BCUT2D eigenvalue weighted by molar-refractivity contribution is -0.283. The Bertz CT molecular complexity index is 719. The van der Waals surface area contributed by atoms with Crippen molar-refractivity contribution < 1.29 is 13.9 Å². The van der Waals surface area contributed by atoms with E-state index in [0.717, 1.165) is 0 Å². The standard InChI is InChI=1S/C23H33NO3Si/c1-22(2,3)28(18-12-8-6-9-13-18,19-14-10-7-11-15-19)26-17-21-20(24)16-25-23(4,5)27-21/h6-15,20-21H,16-17,24H2,1-5H3/t20-,21+/m1/s1. The molecule has 5 heteroatoms. The van der Waals surface area contributed by atoms with E-state index in [4.69, 9.17) is 19.6 Å². The van der Waals surface area contributed by atoms with Crippen molar-refractivity contribution in [3.05, 3.63) is 60.7 Å². The second kappa shape index (κ2) is 8.09. The lowest BCUT2D eigenvalue weighted by Gasteiger charge is -2.45. The average molecular weight is 400 g/mol. The van der Waals surface area contributed by atoms with E-state index in [2.05, 4.69) is 81.4 Å². The molecule has 0 radical (unpaired) electrons. The highest BCUT2D eigenvalue weighted by Crippen LogP contribution is 2.37. The third kappa shape index (κ3) is 4.24. The molecule has 0 unspecified atom stereocenters. The molecule has 0 amide bonds. The molecule has 1 aliphatic rings. The Morgan fingerprint density at radius 1 is 1.00 bits per heavy atom. The molecule has 0 saturated carbocycles. The molecule has 1 saturated heterocycles. The van der Waals surface area contributed by atoms with E-state index in [1.165, 1.54) is 10.4 Å². The Balaban J connectivity index is 2.01. The minimum Gasteiger partial charge on any atom is -0.405 e. The average Bonchev–Trinajstić information content (AvgIpc) is 2.65. The Labute approximate surface area is 170 Å². The molecule has 0 bridgehead atoms. The quantitative estimate of drug-likeness (QED) is 0.785.